The van der Waals surface area contributed by atoms with E-state index >= 15 is 0 Å². The van der Waals surface area contributed by atoms with Crippen LogP contribution in [0.25, 0.3) is 5.57 Å². The molecule has 0 unspecified atom stereocenters. The molecule has 4 nitrogen and oxygen atoms in total. The lowest BCUT2D eigenvalue weighted by Crippen LogP contribution is -2.51. The molecule has 2 atom stereocenters. The number of hydrogen-bond acceptors (Lipinski definition) is 3. The highest BCUT2D eigenvalue weighted by atomic mass is 19.4. The number of benzene rings is 1. The van der Waals surface area contributed by atoms with Crippen LogP contribution in [0.15, 0.2) is 42.2 Å². The Labute approximate surface area is 147 Å². The van der Waals surface area contributed by atoms with Crippen molar-refractivity contribution in [2.45, 2.75) is 25.1 Å². The Morgan fingerprint density at radius 1 is 1.31 bits per heavy atom. The van der Waals surface area contributed by atoms with E-state index in [1.165, 1.54) is 13.2 Å². The van der Waals surface area contributed by atoms with Crippen molar-refractivity contribution in [3.05, 3.63) is 53.3 Å². The number of rotatable bonds is 1. The van der Waals surface area contributed by atoms with Crippen LogP contribution in [0.4, 0.5) is 13.2 Å². The average molecular weight is 363 g/mol. The maximum atomic E-state index is 13.1. The van der Waals surface area contributed by atoms with Gasteiger partial charge < -0.3 is 9.64 Å². The number of ketones is 1. The first-order valence-corrected chi connectivity index (χ1v) is 8.27. The van der Waals surface area contributed by atoms with Gasteiger partial charge in [0.25, 0.3) is 0 Å². The molecule has 1 saturated heterocycles. The van der Waals surface area contributed by atoms with Crippen molar-refractivity contribution in [2.75, 3.05) is 13.7 Å². The zero-order chi connectivity index (χ0) is 18.7. The summed E-state index contributed by atoms with van der Waals surface area (Å²) in [4.78, 5) is 25.2. The Hall–Kier alpha value is -2.57. The van der Waals surface area contributed by atoms with E-state index in [1.54, 1.807) is 12.1 Å². The van der Waals surface area contributed by atoms with Crippen molar-refractivity contribution in [1.82, 2.24) is 4.90 Å². The largest absolute Gasteiger partial charge is 0.493 e. The van der Waals surface area contributed by atoms with Crippen LogP contribution in [0.3, 0.4) is 0 Å². The standard InChI is InChI=1S/C19H16F3NO3/c1-26-15-10-18-6-7-23(17(25)19(20,21)22)16(18)8-11-4-2-3-5-12(11)13(18)9-14(15)24/h2-5,9-10,16H,6-8H2,1H3/t16-,18-/m0/s1. The van der Waals surface area contributed by atoms with Crippen molar-refractivity contribution in [1.29, 1.82) is 0 Å². The predicted octanol–water partition coefficient (Wildman–Crippen LogP) is 2.89. The number of carbonyl (C=O) groups excluding carboxylic acids is 2. The molecule has 26 heavy (non-hydrogen) atoms. The molecule has 0 radical (unpaired) electrons. The van der Waals surface area contributed by atoms with Gasteiger partial charge in [-0.25, -0.2) is 0 Å². The molecule has 1 aromatic carbocycles. The molecule has 1 amide bonds. The number of fused-ring (bicyclic) bond motifs is 2. The number of ether oxygens (including phenoxy) is 1. The second kappa shape index (κ2) is 5.46. The lowest BCUT2D eigenvalue weighted by molar-refractivity contribution is -0.186. The number of amides is 1. The van der Waals surface area contributed by atoms with Gasteiger partial charge in [0.1, 0.15) is 0 Å². The van der Waals surface area contributed by atoms with Crippen LogP contribution in [0.2, 0.25) is 0 Å². The molecule has 1 aliphatic heterocycles. The van der Waals surface area contributed by atoms with Gasteiger partial charge in [0, 0.05) is 18.0 Å². The minimum atomic E-state index is -4.93. The van der Waals surface area contributed by atoms with Crippen LogP contribution in [0, 0.1) is 5.41 Å². The second-order valence-electron chi connectivity index (χ2n) is 6.80. The number of alkyl halides is 3. The number of likely N-dealkylation sites (tertiary alicyclic amines) is 1. The van der Waals surface area contributed by atoms with Gasteiger partial charge in [-0.2, -0.15) is 13.2 Å². The van der Waals surface area contributed by atoms with Crippen molar-refractivity contribution in [2.24, 2.45) is 5.41 Å². The molecule has 136 valence electrons. The smallest absolute Gasteiger partial charge is 0.471 e. The van der Waals surface area contributed by atoms with Crippen molar-refractivity contribution >= 4 is 17.3 Å². The van der Waals surface area contributed by atoms with Crippen LogP contribution < -0.4 is 0 Å². The normalized spacial score (nSPS) is 27.2. The van der Waals surface area contributed by atoms with E-state index in [2.05, 4.69) is 0 Å². The molecule has 1 aromatic rings. The molecule has 7 heteroatoms. The second-order valence-corrected chi connectivity index (χ2v) is 6.80. The fourth-order valence-corrected chi connectivity index (χ4v) is 4.46. The summed E-state index contributed by atoms with van der Waals surface area (Å²) in [7, 11) is 1.36. The molecule has 1 heterocycles. The molecular weight excluding hydrogens is 347 g/mol. The molecule has 2 aliphatic carbocycles. The molecule has 1 fully saturated rings. The van der Waals surface area contributed by atoms with Crippen molar-refractivity contribution < 1.29 is 27.5 Å². The van der Waals surface area contributed by atoms with Gasteiger partial charge in [0.05, 0.1) is 7.11 Å². The number of hydrogen-bond donors (Lipinski definition) is 0. The van der Waals surface area contributed by atoms with Crippen LogP contribution >= 0.6 is 0 Å². The summed E-state index contributed by atoms with van der Waals surface area (Å²) >= 11 is 0. The first-order chi connectivity index (χ1) is 12.3. The summed E-state index contributed by atoms with van der Waals surface area (Å²) in [5.41, 5.74) is 1.52. The van der Waals surface area contributed by atoms with Crippen LogP contribution in [0.5, 0.6) is 0 Å². The Balaban J connectivity index is 1.89. The molecular formula is C19H16F3NO3. The molecule has 3 aliphatic rings. The lowest BCUT2D eigenvalue weighted by atomic mass is 9.62. The minimum Gasteiger partial charge on any atom is -0.493 e. The van der Waals surface area contributed by atoms with Gasteiger partial charge in [-0.15, -0.1) is 0 Å². The third-order valence-electron chi connectivity index (χ3n) is 5.59. The topological polar surface area (TPSA) is 46.6 Å². The lowest BCUT2D eigenvalue weighted by Gasteiger charge is -2.44. The first-order valence-electron chi connectivity index (χ1n) is 8.27. The number of nitrogens with zero attached hydrogens (tertiary/aromatic N) is 1. The molecule has 1 spiro atoms. The van der Waals surface area contributed by atoms with Gasteiger partial charge in [0.15, 0.2) is 5.76 Å². The van der Waals surface area contributed by atoms with E-state index in [0.717, 1.165) is 16.0 Å². The third-order valence-corrected chi connectivity index (χ3v) is 5.59. The highest BCUT2D eigenvalue weighted by Gasteiger charge is 2.58. The first kappa shape index (κ1) is 16.9. The molecule has 4 rings (SSSR count). The maximum Gasteiger partial charge on any atom is 0.471 e. The number of carbonyl (C=O) groups is 2. The zero-order valence-electron chi connectivity index (χ0n) is 14.0. The quantitative estimate of drug-likeness (QED) is 0.771. The van der Waals surface area contributed by atoms with Gasteiger partial charge in [-0.3, -0.25) is 9.59 Å². The Morgan fingerprint density at radius 2 is 2.04 bits per heavy atom. The molecule has 0 aromatic heterocycles. The van der Waals surface area contributed by atoms with Gasteiger partial charge in [-0.05, 0) is 41.7 Å². The summed E-state index contributed by atoms with van der Waals surface area (Å²) in [5.74, 6) is -2.04. The van der Waals surface area contributed by atoms with E-state index in [4.69, 9.17) is 4.74 Å². The minimum absolute atomic E-state index is 0.0178. The SMILES string of the molecule is COC1=C[C@]23CCN(C(=O)C(F)(F)F)[C@H]2Cc2ccccc2C3=CC1=O. The van der Waals surface area contributed by atoms with Crippen LogP contribution in [-0.4, -0.2) is 42.5 Å². The fraction of sp³-hybridized carbons (Fsp3) is 0.368. The molecule has 0 bridgehead atoms. The monoisotopic (exact) mass is 363 g/mol. The van der Waals surface area contributed by atoms with E-state index < -0.39 is 23.5 Å². The predicted molar refractivity (Wildman–Crippen MR) is 86.8 cm³/mol. The average Bonchev–Trinajstić information content (AvgIpc) is 2.96. The fourth-order valence-electron chi connectivity index (χ4n) is 4.46. The molecule has 0 N–H and O–H groups in total. The van der Waals surface area contributed by atoms with Crippen molar-refractivity contribution in [3.8, 4) is 0 Å². The van der Waals surface area contributed by atoms with Crippen LogP contribution in [0.1, 0.15) is 17.5 Å². The Morgan fingerprint density at radius 3 is 2.73 bits per heavy atom. The summed E-state index contributed by atoms with van der Waals surface area (Å²) in [5, 5.41) is 0. The molecule has 0 saturated carbocycles. The number of halogens is 3. The van der Waals surface area contributed by atoms with Gasteiger partial charge >= 0.3 is 12.1 Å². The maximum absolute atomic E-state index is 13.1. The van der Waals surface area contributed by atoms with E-state index in [9.17, 15) is 22.8 Å². The van der Waals surface area contributed by atoms with Gasteiger partial charge in [-0.1, -0.05) is 24.3 Å². The summed E-state index contributed by atoms with van der Waals surface area (Å²) in [6, 6.07) is 6.64. The third kappa shape index (κ3) is 2.22. The highest BCUT2D eigenvalue weighted by molar-refractivity contribution is 6.10. The van der Waals surface area contributed by atoms with Crippen LogP contribution in [-0.2, 0) is 20.7 Å². The zero-order valence-corrected chi connectivity index (χ0v) is 14.0. The van der Waals surface area contributed by atoms with E-state index in [0.29, 0.717) is 18.4 Å². The van der Waals surface area contributed by atoms with Gasteiger partial charge in [0.2, 0.25) is 5.78 Å². The Kier molecular flexibility index (Phi) is 3.54. The number of methoxy groups -OCH3 is 1. The highest BCUT2D eigenvalue weighted by Crippen LogP contribution is 2.56. The number of allylic oxidation sites excluding steroid dienone is 1. The summed E-state index contributed by atoms with van der Waals surface area (Å²) in [6.45, 7) is -0.0178. The summed E-state index contributed by atoms with van der Waals surface area (Å²) < 4.78 is 44.4. The van der Waals surface area contributed by atoms with E-state index in [1.807, 2.05) is 18.2 Å². The Bertz CT molecular complexity index is 871. The van der Waals surface area contributed by atoms with E-state index in [-0.39, 0.29) is 18.1 Å². The summed E-state index contributed by atoms with van der Waals surface area (Å²) in [6.07, 6.45) is -1.23. The van der Waals surface area contributed by atoms with Crippen molar-refractivity contribution in [3.63, 3.8) is 0 Å².